The van der Waals surface area contributed by atoms with E-state index >= 15 is 0 Å². The van der Waals surface area contributed by atoms with Crippen LogP contribution in [0.4, 0.5) is 19.0 Å². The fraction of sp³-hybridized carbons (Fsp3) is 0.484. The third-order valence-electron chi connectivity index (χ3n) is 8.91. The van der Waals surface area contributed by atoms with Gasteiger partial charge in [0.25, 0.3) is 0 Å². The summed E-state index contributed by atoms with van der Waals surface area (Å²) in [5.74, 6) is 0.516. The van der Waals surface area contributed by atoms with Crippen molar-refractivity contribution < 1.29 is 22.2 Å². The number of benzene rings is 1. The number of aromatic nitrogens is 3. The molecule has 0 radical (unpaired) electrons. The first-order valence-electron chi connectivity index (χ1n) is 15.2. The second-order valence-corrected chi connectivity index (χ2v) is 14.4. The minimum Gasteiger partial charge on any atom is -0.367 e. The van der Waals surface area contributed by atoms with Gasteiger partial charge < -0.3 is 14.8 Å². The molecule has 0 spiro atoms. The summed E-state index contributed by atoms with van der Waals surface area (Å²) in [4.78, 5) is 26.6. The molecule has 5 heterocycles. The molecule has 2 saturated heterocycles. The zero-order chi connectivity index (χ0) is 32.6. The van der Waals surface area contributed by atoms with Crippen molar-refractivity contribution in [3.8, 4) is 6.07 Å². The quantitative estimate of drug-likeness (QED) is 0.295. The number of likely N-dealkylation sites (tertiary alicyclic amines) is 1. The van der Waals surface area contributed by atoms with E-state index in [9.17, 15) is 27.4 Å². The minimum atomic E-state index is -4.27. The lowest BCUT2D eigenvalue weighted by molar-refractivity contribution is -0.133. The van der Waals surface area contributed by atoms with Gasteiger partial charge in [0, 0.05) is 73.9 Å². The Morgan fingerprint density at radius 2 is 1.85 bits per heavy atom. The molecule has 4 aromatic rings. The Morgan fingerprint density at radius 1 is 1.11 bits per heavy atom. The van der Waals surface area contributed by atoms with Gasteiger partial charge in [0.15, 0.2) is 0 Å². The molecule has 2 aliphatic rings. The number of nitrogens with zero attached hydrogens (tertiary/aromatic N) is 7. The van der Waals surface area contributed by atoms with E-state index < -0.39 is 23.6 Å². The summed E-state index contributed by atoms with van der Waals surface area (Å²) in [5.41, 5.74) is 3.53. The molecular formula is C31H35F3N8O2S2. The van der Waals surface area contributed by atoms with Gasteiger partial charge in [-0.1, -0.05) is 6.07 Å². The van der Waals surface area contributed by atoms with Crippen LogP contribution in [0.25, 0.3) is 21.1 Å². The molecule has 1 unspecified atom stereocenters. The third-order valence-corrected chi connectivity index (χ3v) is 11.0. The number of carbonyl (C=O) groups is 1. The van der Waals surface area contributed by atoms with Gasteiger partial charge in [0.1, 0.15) is 35.3 Å². The number of piperazine rings is 1. The van der Waals surface area contributed by atoms with Crippen molar-refractivity contribution in [1.29, 1.82) is 5.26 Å². The molecule has 2 aliphatic heterocycles. The maximum absolute atomic E-state index is 13.2. The highest BCUT2D eigenvalue weighted by Crippen LogP contribution is 2.33. The number of hydrogen-bond acceptors (Lipinski definition) is 8. The van der Waals surface area contributed by atoms with Gasteiger partial charge in [-0.3, -0.25) is 9.69 Å². The molecule has 1 N–H and O–H groups in total. The molecule has 0 aliphatic carbocycles. The first-order chi connectivity index (χ1) is 22.0. The highest BCUT2D eigenvalue weighted by atomic mass is 32.2. The number of halogens is 3. The fourth-order valence-electron chi connectivity index (χ4n) is 6.36. The van der Waals surface area contributed by atoms with Gasteiger partial charge in [-0.2, -0.15) is 18.4 Å². The standard InChI is InChI=1S/C31H35F3N8O2S2/c1-20-21(3-4-27-25(20)13-23(16-35)42(27)18-28(43)40-9-11-41(12-10-40)46(2)44)17-39-7-5-22(6-8-39)38-29-26-14-24(15-31(32,33)34)45-30(26)37-19-36-29/h3-4,13-14,19,22H,5-12,15,17-18H2,1-2H3,(H,36,37,38). The number of piperidine rings is 1. The van der Waals surface area contributed by atoms with Crippen LogP contribution in [-0.2, 0) is 35.3 Å². The lowest BCUT2D eigenvalue weighted by atomic mass is 10.0. The smallest absolute Gasteiger partial charge is 0.367 e. The Balaban J connectivity index is 1.09. The van der Waals surface area contributed by atoms with Gasteiger partial charge in [-0.05, 0) is 49.1 Å². The van der Waals surface area contributed by atoms with Crippen molar-refractivity contribution in [3.63, 3.8) is 0 Å². The predicted octanol–water partition coefficient (Wildman–Crippen LogP) is 4.45. The number of fused-ring (bicyclic) bond motifs is 2. The number of thiophene rings is 1. The zero-order valence-corrected chi connectivity index (χ0v) is 27.3. The van der Waals surface area contributed by atoms with E-state index in [1.165, 1.54) is 6.33 Å². The number of carbonyl (C=O) groups excluding carboxylic acids is 1. The van der Waals surface area contributed by atoms with E-state index in [2.05, 4.69) is 39.2 Å². The highest BCUT2D eigenvalue weighted by Gasteiger charge is 2.30. The van der Waals surface area contributed by atoms with E-state index in [4.69, 9.17) is 0 Å². The maximum Gasteiger partial charge on any atom is 0.393 e. The van der Waals surface area contributed by atoms with E-state index in [-0.39, 0.29) is 23.4 Å². The number of alkyl halides is 3. The fourth-order valence-corrected chi connectivity index (χ4v) is 8.06. The number of anilines is 1. The minimum absolute atomic E-state index is 0.0582. The van der Waals surface area contributed by atoms with Crippen LogP contribution in [0.2, 0.25) is 0 Å². The lowest BCUT2D eigenvalue weighted by Crippen LogP contribution is -2.49. The summed E-state index contributed by atoms with van der Waals surface area (Å²) in [6.07, 6.45) is -0.498. The third kappa shape index (κ3) is 7.05. The van der Waals surface area contributed by atoms with Crippen LogP contribution in [0, 0.1) is 18.3 Å². The lowest BCUT2D eigenvalue weighted by Gasteiger charge is -2.33. The first kappa shape index (κ1) is 32.4. The van der Waals surface area contributed by atoms with Crippen molar-refractivity contribution in [1.82, 2.24) is 28.6 Å². The Labute approximate surface area is 271 Å². The molecule has 10 nitrogen and oxygen atoms in total. The SMILES string of the molecule is Cc1c(CN2CCC(Nc3ncnc4sc(CC(F)(F)F)cc34)CC2)ccc2c1cc(C#N)n2CC(=O)N1CCN(S(C)=O)CC1. The summed E-state index contributed by atoms with van der Waals surface area (Å²) < 4.78 is 54.2. The van der Waals surface area contributed by atoms with Crippen LogP contribution in [0.3, 0.4) is 0 Å². The molecule has 15 heteroatoms. The van der Waals surface area contributed by atoms with Crippen molar-refractivity contribution in [2.75, 3.05) is 50.8 Å². The van der Waals surface area contributed by atoms with Crippen molar-refractivity contribution in [2.24, 2.45) is 0 Å². The van der Waals surface area contributed by atoms with Gasteiger partial charge in [-0.25, -0.2) is 18.5 Å². The Morgan fingerprint density at radius 3 is 2.52 bits per heavy atom. The van der Waals surface area contributed by atoms with Crippen LogP contribution in [0.5, 0.6) is 0 Å². The van der Waals surface area contributed by atoms with Crippen LogP contribution in [0.1, 0.15) is 34.5 Å². The normalized spacial score (nSPS) is 17.9. The van der Waals surface area contributed by atoms with E-state index in [1.807, 2.05) is 16.4 Å². The van der Waals surface area contributed by atoms with Crippen LogP contribution in [0.15, 0.2) is 30.6 Å². The molecule has 2 fully saturated rings. The topological polar surface area (TPSA) is 110 Å². The Hall–Kier alpha value is -3.58. The molecule has 0 saturated carbocycles. The second-order valence-electron chi connectivity index (χ2n) is 11.9. The summed E-state index contributed by atoms with van der Waals surface area (Å²) in [7, 11) is -1.05. The molecule has 1 amide bonds. The van der Waals surface area contributed by atoms with Crippen molar-refractivity contribution in [2.45, 2.75) is 51.5 Å². The van der Waals surface area contributed by atoms with Crippen LogP contribution in [-0.4, -0.2) is 96.5 Å². The van der Waals surface area contributed by atoms with Gasteiger partial charge >= 0.3 is 6.18 Å². The molecule has 3 aromatic heterocycles. The largest absolute Gasteiger partial charge is 0.393 e. The van der Waals surface area contributed by atoms with Crippen molar-refractivity contribution in [3.05, 3.63) is 52.3 Å². The number of hydrogen-bond donors (Lipinski definition) is 1. The zero-order valence-electron chi connectivity index (χ0n) is 25.6. The molecule has 1 atom stereocenters. The van der Waals surface area contributed by atoms with E-state index in [0.29, 0.717) is 47.9 Å². The predicted molar refractivity (Wildman–Crippen MR) is 173 cm³/mol. The molecule has 244 valence electrons. The number of aryl methyl sites for hydroxylation is 1. The summed E-state index contributed by atoms with van der Waals surface area (Å²) in [5, 5.41) is 14.9. The average Bonchev–Trinajstić information content (AvgIpc) is 3.60. The highest BCUT2D eigenvalue weighted by molar-refractivity contribution is 7.81. The maximum atomic E-state index is 13.2. The molecule has 6 rings (SSSR count). The monoisotopic (exact) mass is 672 g/mol. The van der Waals surface area contributed by atoms with Gasteiger partial charge in [0.05, 0.1) is 22.8 Å². The molecular weight excluding hydrogens is 638 g/mol. The number of nitriles is 1. The summed E-state index contributed by atoms with van der Waals surface area (Å²) in [6.45, 7) is 6.69. The van der Waals surface area contributed by atoms with E-state index in [1.54, 1.807) is 21.8 Å². The number of amides is 1. The Kier molecular flexibility index (Phi) is 9.33. The van der Waals surface area contributed by atoms with E-state index in [0.717, 1.165) is 65.8 Å². The summed E-state index contributed by atoms with van der Waals surface area (Å²) >= 11 is 1.05. The van der Waals surface area contributed by atoms with Crippen LogP contribution >= 0.6 is 11.3 Å². The molecule has 0 bridgehead atoms. The number of rotatable bonds is 8. The average molecular weight is 673 g/mol. The van der Waals surface area contributed by atoms with Crippen LogP contribution < -0.4 is 5.32 Å². The van der Waals surface area contributed by atoms with Gasteiger partial charge in [-0.15, -0.1) is 11.3 Å². The molecule has 1 aromatic carbocycles. The first-order valence-corrected chi connectivity index (χ1v) is 17.5. The second kappa shape index (κ2) is 13.3. The Bertz CT molecular complexity index is 1820. The van der Waals surface area contributed by atoms with Crippen molar-refractivity contribution >= 4 is 55.2 Å². The number of nitrogens with one attached hydrogen (secondary N) is 1. The summed E-state index contributed by atoms with van der Waals surface area (Å²) in [6, 6.07) is 9.87. The molecule has 46 heavy (non-hydrogen) atoms. The van der Waals surface area contributed by atoms with Gasteiger partial charge in [0.2, 0.25) is 5.91 Å².